The molecule has 0 radical (unpaired) electrons. The molecule has 2 aromatic heterocycles. The molecule has 3 aromatic rings. The van der Waals surface area contributed by atoms with Crippen LogP contribution < -0.4 is 0 Å². The summed E-state index contributed by atoms with van der Waals surface area (Å²) >= 11 is 14.4. The third-order valence-electron chi connectivity index (χ3n) is 2.64. The Labute approximate surface area is 143 Å². The van der Waals surface area contributed by atoms with Crippen molar-refractivity contribution in [2.75, 3.05) is 6.26 Å². The molecule has 0 atom stereocenters. The highest BCUT2D eigenvalue weighted by Gasteiger charge is 2.10. The van der Waals surface area contributed by atoms with Crippen LogP contribution in [0.1, 0.15) is 0 Å². The predicted molar refractivity (Wildman–Crippen MR) is 89.3 cm³/mol. The molecule has 1 aromatic carbocycles. The van der Waals surface area contributed by atoms with Gasteiger partial charge >= 0.3 is 0 Å². The number of hydrogen-bond donors (Lipinski definition) is 1. The minimum atomic E-state index is -0.105. The Balaban J connectivity index is 1.98. The van der Waals surface area contributed by atoms with E-state index in [0.717, 1.165) is 0 Å². The summed E-state index contributed by atoms with van der Waals surface area (Å²) in [6.45, 7) is 0. The predicted octanol–water partition coefficient (Wildman–Crippen LogP) is 5.24. The lowest BCUT2D eigenvalue weighted by atomic mass is 10.3. The molecule has 0 amide bonds. The lowest BCUT2D eigenvalue weighted by Gasteiger charge is -2.00. The smallest absolute Gasteiger partial charge is 0.189 e. The molecule has 0 saturated heterocycles. The van der Waals surface area contributed by atoms with Crippen molar-refractivity contribution in [3.63, 3.8) is 0 Å². The second-order valence-corrected chi connectivity index (χ2v) is 6.38. The zero-order valence-electron chi connectivity index (χ0n) is 11.0. The van der Waals surface area contributed by atoms with Crippen LogP contribution in [0.25, 0.3) is 11.0 Å². The van der Waals surface area contributed by atoms with Crippen LogP contribution in [0.15, 0.2) is 33.7 Å². The van der Waals surface area contributed by atoms with E-state index in [9.17, 15) is 5.11 Å². The molecule has 22 heavy (non-hydrogen) atoms. The van der Waals surface area contributed by atoms with Crippen molar-refractivity contribution in [2.45, 2.75) is 5.16 Å². The van der Waals surface area contributed by atoms with Crippen molar-refractivity contribution >= 4 is 68.2 Å². The van der Waals surface area contributed by atoms with Gasteiger partial charge in [0.25, 0.3) is 0 Å². The van der Waals surface area contributed by atoms with Gasteiger partial charge in [0.1, 0.15) is 11.4 Å². The zero-order chi connectivity index (χ0) is 15.7. The Bertz CT molecular complexity index is 883. The van der Waals surface area contributed by atoms with Crippen LogP contribution in [-0.4, -0.2) is 25.7 Å². The fourth-order valence-corrected chi connectivity index (χ4v) is 2.91. The summed E-state index contributed by atoms with van der Waals surface area (Å²) in [4.78, 5) is 8.48. The first kappa shape index (κ1) is 15.4. The number of nitrogens with zero attached hydrogens (tertiary/aromatic N) is 5. The monoisotopic (exact) mass is 371 g/mol. The highest BCUT2D eigenvalue weighted by molar-refractivity contribution is 7.98. The number of azo groups is 1. The van der Waals surface area contributed by atoms with E-state index in [1.807, 2.05) is 6.26 Å². The number of halogens is 2. The Morgan fingerprint density at radius 2 is 2.05 bits per heavy atom. The first-order chi connectivity index (χ1) is 10.6. The van der Waals surface area contributed by atoms with Crippen LogP contribution in [0.3, 0.4) is 0 Å². The van der Waals surface area contributed by atoms with E-state index in [1.165, 1.54) is 35.4 Å². The van der Waals surface area contributed by atoms with Gasteiger partial charge in [0.05, 0.1) is 15.4 Å². The van der Waals surface area contributed by atoms with Crippen molar-refractivity contribution < 1.29 is 5.11 Å². The van der Waals surface area contributed by atoms with E-state index in [1.54, 1.807) is 6.20 Å². The molecule has 10 heteroatoms. The standard InChI is InChI=1S/C12H7Cl2N5OS2/c1-21-12-15-4-5-10(16-12)19-22-11(5)18-17-8-2-7(14)9(20)3-6(8)13/h2-4,20H,1H3/b18-17+. The number of aromatic hydroxyl groups is 1. The molecule has 0 aliphatic rings. The SMILES string of the molecule is CSc1ncc2c(/N=N/c3cc(Cl)c(O)cc3Cl)snc2n1. The maximum atomic E-state index is 9.45. The van der Waals surface area contributed by atoms with Gasteiger partial charge in [-0.2, -0.15) is 4.37 Å². The number of aromatic nitrogens is 3. The van der Waals surface area contributed by atoms with Crippen molar-refractivity contribution in [2.24, 2.45) is 10.2 Å². The van der Waals surface area contributed by atoms with Gasteiger partial charge in [-0.3, -0.25) is 0 Å². The highest BCUT2D eigenvalue weighted by atomic mass is 35.5. The van der Waals surface area contributed by atoms with Gasteiger partial charge in [-0.1, -0.05) is 35.0 Å². The summed E-state index contributed by atoms with van der Waals surface area (Å²) in [6, 6.07) is 2.76. The van der Waals surface area contributed by atoms with Crippen LogP contribution in [0.5, 0.6) is 5.75 Å². The second-order valence-electron chi connectivity index (χ2n) is 4.04. The topological polar surface area (TPSA) is 83.6 Å². The Morgan fingerprint density at radius 1 is 1.23 bits per heavy atom. The van der Waals surface area contributed by atoms with Gasteiger partial charge in [0, 0.05) is 12.3 Å². The molecule has 0 aliphatic heterocycles. The van der Waals surface area contributed by atoms with E-state index < -0.39 is 0 Å². The van der Waals surface area contributed by atoms with E-state index in [4.69, 9.17) is 23.2 Å². The van der Waals surface area contributed by atoms with Gasteiger partial charge in [0.15, 0.2) is 15.8 Å². The zero-order valence-corrected chi connectivity index (χ0v) is 14.1. The summed E-state index contributed by atoms with van der Waals surface area (Å²) in [5, 5.41) is 20.0. The normalized spacial score (nSPS) is 11.6. The fourth-order valence-electron chi connectivity index (χ4n) is 1.59. The third-order valence-corrected chi connectivity index (χ3v) is 4.55. The van der Waals surface area contributed by atoms with E-state index in [2.05, 4.69) is 24.6 Å². The molecule has 0 unspecified atom stereocenters. The third kappa shape index (κ3) is 3.00. The number of thioether (sulfide) groups is 1. The van der Waals surface area contributed by atoms with Gasteiger partial charge in [-0.15, -0.1) is 10.2 Å². The number of fused-ring (bicyclic) bond motifs is 1. The summed E-state index contributed by atoms with van der Waals surface area (Å²) in [5.41, 5.74) is 0.931. The van der Waals surface area contributed by atoms with Crippen LogP contribution in [-0.2, 0) is 0 Å². The van der Waals surface area contributed by atoms with E-state index >= 15 is 0 Å². The number of phenolic OH excluding ortho intramolecular Hbond substituents is 1. The Morgan fingerprint density at radius 3 is 2.82 bits per heavy atom. The van der Waals surface area contributed by atoms with Crippen molar-refractivity contribution in [1.29, 1.82) is 0 Å². The summed E-state index contributed by atoms with van der Waals surface area (Å²) < 4.78 is 4.22. The maximum Gasteiger partial charge on any atom is 0.189 e. The van der Waals surface area contributed by atoms with Crippen molar-refractivity contribution in [1.82, 2.24) is 14.3 Å². The lowest BCUT2D eigenvalue weighted by molar-refractivity contribution is 0.475. The Hall–Kier alpha value is -1.48. The van der Waals surface area contributed by atoms with E-state index in [-0.39, 0.29) is 15.8 Å². The van der Waals surface area contributed by atoms with Gasteiger partial charge in [-0.05, 0) is 23.9 Å². The molecule has 1 N–H and O–H groups in total. The first-order valence-corrected chi connectivity index (χ1v) is 8.60. The summed E-state index contributed by atoms with van der Waals surface area (Å²) in [5.74, 6) is -0.105. The summed E-state index contributed by atoms with van der Waals surface area (Å²) in [7, 11) is 0. The minimum absolute atomic E-state index is 0.105. The number of phenols is 1. The van der Waals surface area contributed by atoms with Crippen LogP contribution in [0.2, 0.25) is 10.0 Å². The second kappa shape index (κ2) is 6.33. The Kier molecular flexibility index (Phi) is 4.44. The molecule has 0 fully saturated rings. The number of benzene rings is 1. The van der Waals surface area contributed by atoms with Crippen molar-refractivity contribution in [3.8, 4) is 5.75 Å². The quantitative estimate of drug-likeness (QED) is 0.386. The van der Waals surface area contributed by atoms with Crippen LogP contribution in [0.4, 0.5) is 10.7 Å². The van der Waals surface area contributed by atoms with Crippen molar-refractivity contribution in [3.05, 3.63) is 28.4 Å². The number of rotatable bonds is 3. The maximum absolute atomic E-state index is 9.45. The van der Waals surface area contributed by atoms with Crippen LogP contribution >= 0.6 is 46.5 Å². The average Bonchev–Trinajstić information content (AvgIpc) is 2.91. The molecular weight excluding hydrogens is 365 g/mol. The molecular formula is C12H7Cl2N5OS2. The largest absolute Gasteiger partial charge is 0.506 e. The highest BCUT2D eigenvalue weighted by Crippen LogP contribution is 2.37. The van der Waals surface area contributed by atoms with Gasteiger partial charge < -0.3 is 5.11 Å². The molecule has 3 rings (SSSR count). The molecule has 0 bridgehead atoms. The lowest BCUT2D eigenvalue weighted by Crippen LogP contribution is -1.84. The first-order valence-electron chi connectivity index (χ1n) is 5.84. The fraction of sp³-hybridized carbons (Fsp3) is 0.0833. The molecule has 0 saturated carbocycles. The van der Waals surface area contributed by atoms with E-state index in [0.29, 0.717) is 26.9 Å². The molecule has 112 valence electrons. The molecule has 6 nitrogen and oxygen atoms in total. The number of hydrogen-bond acceptors (Lipinski definition) is 8. The molecule has 2 heterocycles. The van der Waals surface area contributed by atoms with Gasteiger partial charge in [0.2, 0.25) is 0 Å². The van der Waals surface area contributed by atoms with Gasteiger partial charge in [-0.25, -0.2) is 9.97 Å². The molecule has 0 aliphatic carbocycles. The van der Waals surface area contributed by atoms with Crippen LogP contribution in [0, 0.1) is 0 Å². The molecule has 0 spiro atoms. The average molecular weight is 372 g/mol. The summed E-state index contributed by atoms with van der Waals surface area (Å²) in [6.07, 6.45) is 3.56. The minimum Gasteiger partial charge on any atom is -0.506 e.